The SMILES string of the molecule is CC(C)CNC1CC2OCCCC12. The van der Waals surface area contributed by atoms with Gasteiger partial charge in [-0.15, -0.1) is 0 Å². The second-order valence-corrected chi connectivity index (χ2v) is 4.86. The molecule has 0 radical (unpaired) electrons. The lowest BCUT2D eigenvalue weighted by atomic mass is 9.72. The van der Waals surface area contributed by atoms with Crippen LogP contribution in [-0.2, 0) is 4.74 Å². The fourth-order valence-corrected chi connectivity index (χ4v) is 2.42. The van der Waals surface area contributed by atoms with E-state index in [1.54, 1.807) is 0 Å². The van der Waals surface area contributed by atoms with E-state index in [2.05, 4.69) is 19.2 Å². The summed E-state index contributed by atoms with van der Waals surface area (Å²) in [4.78, 5) is 0. The number of hydrogen-bond acceptors (Lipinski definition) is 2. The van der Waals surface area contributed by atoms with Gasteiger partial charge in [-0.1, -0.05) is 13.8 Å². The van der Waals surface area contributed by atoms with Crippen LogP contribution in [0, 0.1) is 11.8 Å². The van der Waals surface area contributed by atoms with Crippen molar-refractivity contribution < 1.29 is 4.74 Å². The molecule has 76 valence electrons. The molecule has 2 heteroatoms. The molecule has 3 unspecified atom stereocenters. The van der Waals surface area contributed by atoms with E-state index in [4.69, 9.17) is 4.74 Å². The molecule has 2 nitrogen and oxygen atoms in total. The molecule has 1 saturated heterocycles. The van der Waals surface area contributed by atoms with E-state index in [1.165, 1.54) is 19.3 Å². The van der Waals surface area contributed by atoms with Gasteiger partial charge in [0.15, 0.2) is 0 Å². The molecule has 2 fully saturated rings. The molecular weight excluding hydrogens is 162 g/mol. The monoisotopic (exact) mass is 183 g/mol. The predicted molar refractivity (Wildman–Crippen MR) is 53.7 cm³/mol. The largest absolute Gasteiger partial charge is 0.378 e. The van der Waals surface area contributed by atoms with E-state index < -0.39 is 0 Å². The summed E-state index contributed by atoms with van der Waals surface area (Å²) in [5.74, 6) is 1.59. The van der Waals surface area contributed by atoms with Crippen LogP contribution in [0.1, 0.15) is 33.1 Å². The molecule has 0 aromatic rings. The van der Waals surface area contributed by atoms with Gasteiger partial charge in [0.1, 0.15) is 0 Å². The van der Waals surface area contributed by atoms with E-state index in [-0.39, 0.29) is 0 Å². The molecule has 0 amide bonds. The van der Waals surface area contributed by atoms with Gasteiger partial charge < -0.3 is 10.1 Å². The summed E-state index contributed by atoms with van der Waals surface area (Å²) >= 11 is 0. The summed E-state index contributed by atoms with van der Waals surface area (Å²) in [6.07, 6.45) is 4.48. The Morgan fingerprint density at radius 3 is 3.00 bits per heavy atom. The molecule has 1 N–H and O–H groups in total. The molecule has 0 spiro atoms. The van der Waals surface area contributed by atoms with Crippen LogP contribution in [-0.4, -0.2) is 25.3 Å². The molecule has 1 heterocycles. The minimum Gasteiger partial charge on any atom is -0.378 e. The Morgan fingerprint density at radius 1 is 1.46 bits per heavy atom. The van der Waals surface area contributed by atoms with Crippen molar-refractivity contribution in [2.45, 2.75) is 45.3 Å². The summed E-state index contributed by atoms with van der Waals surface area (Å²) in [7, 11) is 0. The number of nitrogens with one attached hydrogen (secondary N) is 1. The smallest absolute Gasteiger partial charge is 0.0633 e. The van der Waals surface area contributed by atoms with Crippen molar-refractivity contribution >= 4 is 0 Å². The van der Waals surface area contributed by atoms with Gasteiger partial charge in [0.2, 0.25) is 0 Å². The second kappa shape index (κ2) is 3.97. The first kappa shape index (κ1) is 9.47. The molecule has 0 bridgehead atoms. The third kappa shape index (κ3) is 2.05. The van der Waals surface area contributed by atoms with Crippen molar-refractivity contribution in [1.82, 2.24) is 5.32 Å². The molecule has 1 aliphatic carbocycles. The first-order valence-corrected chi connectivity index (χ1v) is 5.62. The summed E-state index contributed by atoms with van der Waals surface area (Å²) in [5, 5.41) is 3.64. The zero-order valence-corrected chi connectivity index (χ0v) is 8.75. The van der Waals surface area contributed by atoms with Crippen LogP contribution >= 0.6 is 0 Å². The van der Waals surface area contributed by atoms with Gasteiger partial charge in [-0.25, -0.2) is 0 Å². The quantitative estimate of drug-likeness (QED) is 0.720. The molecule has 3 atom stereocenters. The zero-order valence-electron chi connectivity index (χ0n) is 8.75. The minimum absolute atomic E-state index is 0.596. The Morgan fingerprint density at radius 2 is 2.31 bits per heavy atom. The lowest BCUT2D eigenvalue weighted by Crippen LogP contribution is -2.56. The number of ether oxygens (including phenoxy) is 1. The normalized spacial score (nSPS) is 38.5. The topological polar surface area (TPSA) is 21.3 Å². The Bertz CT molecular complexity index is 169. The Hall–Kier alpha value is -0.0800. The lowest BCUT2D eigenvalue weighted by Gasteiger charge is -2.48. The third-order valence-electron chi connectivity index (χ3n) is 3.28. The van der Waals surface area contributed by atoms with Crippen LogP contribution < -0.4 is 5.32 Å². The highest BCUT2D eigenvalue weighted by Gasteiger charge is 2.42. The summed E-state index contributed by atoms with van der Waals surface area (Å²) in [5.41, 5.74) is 0. The zero-order chi connectivity index (χ0) is 9.26. The van der Waals surface area contributed by atoms with Crippen LogP contribution in [0.2, 0.25) is 0 Å². The Kier molecular flexibility index (Phi) is 2.89. The van der Waals surface area contributed by atoms with Crippen LogP contribution in [0.3, 0.4) is 0 Å². The molecule has 2 rings (SSSR count). The fraction of sp³-hybridized carbons (Fsp3) is 1.00. The lowest BCUT2D eigenvalue weighted by molar-refractivity contribution is -0.103. The van der Waals surface area contributed by atoms with Crippen LogP contribution in [0.5, 0.6) is 0 Å². The fourth-order valence-electron chi connectivity index (χ4n) is 2.42. The van der Waals surface area contributed by atoms with Gasteiger partial charge in [-0.3, -0.25) is 0 Å². The maximum atomic E-state index is 5.67. The molecule has 0 aromatic carbocycles. The number of hydrogen-bond donors (Lipinski definition) is 1. The standard InChI is InChI=1S/C11H21NO/c1-8(2)7-12-10-6-11-9(10)4-3-5-13-11/h8-12H,3-7H2,1-2H3. The van der Waals surface area contributed by atoms with Crippen molar-refractivity contribution in [3.8, 4) is 0 Å². The first-order chi connectivity index (χ1) is 6.27. The van der Waals surface area contributed by atoms with Crippen molar-refractivity contribution in [3.05, 3.63) is 0 Å². The molecule has 0 aromatic heterocycles. The maximum Gasteiger partial charge on any atom is 0.0633 e. The van der Waals surface area contributed by atoms with Crippen LogP contribution in [0.25, 0.3) is 0 Å². The summed E-state index contributed by atoms with van der Waals surface area (Å²) in [6.45, 7) is 6.69. The number of rotatable bonds is 3. The molecule has 13 heavy (non-hydrogen) atoms. The van der Waals surface area contributed by atoms with Crippen molar-refractivity contribution in [2.24, 2.45) is 11.8 Å². The van der Waals surface area contributed by atoms with Crippen molar-refractivity contribution in [1.29, 1.82) is 0 Å². The minimum atomic E-state index is 0.596. The van der Waals surface area contributed by atoms with Crippen LogP contribution in [0.15, 0.2) is 0 Å². The summed E-state index contributed by atoms with van der Waals surface area (Å²) in [6, 6.07) is 0.757. The molecule has 1 saturated carbocycles. The van der Waals surface area contributed by atoms with Crippen molar-refractivity contribution in [2.75, 3.05) is 13.2 Å². The number of fused-ring (bicyclic) bond motifs is 1. The Balaban J connectivity index is 1.71. The van der Waals surface area contributed by atoms with E-state index in [0.717, 1.165) is 31.0 Å². The van der Waals surface area contributed by atoms with E-state index in [9.17, 15) is 0 Å². The van der Waals surface area contributed by atoms with Gasteiger partial charge in [-0.2, -0.15) is 0 Å². The van der Waals surface area contributed by atoms with Gasteiger partial charge in [0.25, 0.3) is 0 Å². The molecule has 2 aliphatic rings. The second-order valence-electron chi connectivity index (χ2n) is 4.86. The predicted octanol–water partition coefficient (Wildman–Crippen LogP) is 1.80. The highest BCUT2D eigenvalue weighted by molar-refractivity contribution is 4.96. The molecular formula is C11H21NO. The van der Waals surface area contributed by atoms with E-state index in [1.807, 2.05) is 0 Å². The highest BCUT2D eigenvalue weighted by Crippen LogP contribution is 2.37. The molecule has 1 aliphatic heterocycles. The van der Waals surface area contributed by atoms with E-state index >= 15 is 0 Å². The maximum absolute atomic E-state index is 5.67. The average molecular weight is 183 g/mol. The van der Waals surface area contributed by atoms with Crippen LogP contribution in [0.4, 0.5) is 0 Å². The first-order valence-electron chi connectivity index (χ1n) is 5.62. The third-order valence-corrected chi connectivity index (χ3v) is 3.28. The Labute approximate surface area is 81.0 Å². The van der Waals surface area contributed by atoms with Gasteiger partial charge >= 0.3 is 0 Å². The van der Waals surface area contributed by atoms with Crippen molar-refractivity contribution in [3.63, 3.8) is 0 Å². The van der Waals surface area contributed by atoms with E-state index in [0.29, 0.717) is 6.10 Å². The van der Waals surface area contributed by atoms with Gasteiger partial charge in [0.05, 0.1) is 6.10 Å². The van der Waals surface area contributed by atoms with Gasteiger partial charge in [0, 0.05) is 18.6 Å². The van der Waals surface area contributed by atoms with Gasteiger partial charge in [-0.05, 0) is 31.7 Å². The average Bonchev–Trinajstić information content (AvgIpc) is 2.06. The highest BCUT2D eigenvalue weighted by atomic mass is 16.5. The summed E-state index contributed by atoms with van der Waals surface area (Å²) < 4.78 is 5.67.